The number of alkyl carbamates (subject to hydrolysis) is 1. The first-order valence-electron chi connectivity index (χ1n) is 8.62. The minimum atomic E-state index is -0.564. The van der Waals surface area contributed by atoms with Gasteiger partial charge in [0.05, 0.1) is 6.61 Å². The Morgan fingerprint density at radius 3 is 2.56 bits per heavy atom. The molecule has 0 aliphatic rings. The number of nitrogens with one attached hydrogen (secondary N) is 3. The average molecular weight is 346 g/mol. The van der Waals surface area contributed by atoms with Gasteiger partial charge in [0.25, 0.3) is 0 Å². The van der Waals surface area contributed by atoms with Gasteiger partial charge in [-0.3, -0.25) is 0 Å². The normalized spacial score (nSPS) is 11.8. The lowest BCUT2D eigenvalue weighted by molar-refractivity contribution is 0.144. The lowest BCUT2D eigenvalue weighted by atomic mass is 10.1. The molecule has 1 aromatic carbocycles. The summed E-state index contributed by atoms with van der Waals surface area (Å²) in [7, 11) is 0. The third-order valence-electron chi connectivity index (χ3n) is 4.01. The molecule has 0 unspecified atom stereocenters. The molecule has 0 spiro atoms. The number of benzene rings is 1. The van der Waals surface area contributed by atoms with Crippen LogP contribution < -0.4 is 10.6 Å². The van der Waals surface area contributed by atoms with Crippen molar-refractivity contribution in [3.8, 4) is 0 Å². The molecule has 0 bridgehead atoms. The van der Waals surface area contributed by atoms with Crippen LogP contribution in [0.2, 0.25) is 0 Å². The molecule has 0 radical (unpaired) electrons. The highest BCUT2D eigenvalue weighted by Crippen LogP contribution is 2.18. The van der Waals surface area contributed by atoms with Crippen molar-refractivity contribution in [2.45, 2.75) is 33.4 Å². The van der Waals surface area contributed by atoms with Gasteiger partial charge in [-0.2, -0.15) is 0 Å². The van der Waals surface area contributed by atoms with Crippen molar-refractivity contribution in [1.82, 2.24) is 20.5 Å². The van der Waals surface area contributed by atoms with Gasteiger partial charge in [0.2, 0.25) is 0 Å². The molecule has 3 amide bonds. The maximum Gasteiger partial charge on any atom is 0.408 e. The number of aromatic amines is 1. The van der Waals surface area contributed by atoms with Crippen LogP contribution in [-0.4, -0.2) is 47.9 Å². The van der Waals surface area contributed by atoms with Crippen LogP contribution in [0, 0.1) is 0 Å². The topological polar surface area (TPSA) is 86.5 Å². The predicted molar refractivity (Wildman–Crippen MR) is 97.4 cm³/mol. The lowest BCUT2D eigenvalue weighted by Crippen LogP contribution is -2.53. The largest absolute Gasteiger partial charge is 0.450 e. The minimum Gasteiger partial charge on any atom is -0.450 e. The summed E-state index contributed by atoms with van der Waals surface area (Å²) in [5.74, 6) is 0. The van der Waals surface area contributed by atoms with Crippen molar-refractivity contribution in [1.29, 1.82) is 0 Å². The molecule has 1 atom stereocenters. The van der Waals surface area contributed by atoms with Gasteiger partial charge in [-0.05, 0) is 32.4 Å². The molecule has 0 saturated heterocycles. The number of fused-ring (bicyclic) bond motifs is 1. The van der Waals surface area contributed by atoms with Gasteiger partial charge in [-0.15, -0.1) is 0 Å². The summed E-state index contributed by atoms with van der Waals surface area (Å²) in [6.45, 7) is 7.04. The van der Waals surface area contributed by atoms with Crippen molar-refractivity contribution in [3.63, 3.8) is 0 Å². The van der Waals surface area contributed by atoms with Crippen LogP contribution in [0.25, 0.3) is 10.9 Å². The van der Waals surface area contributed by atoms with Crippen LogP contribution in [0.15, 0.2) is 30.5 Å². The molecule has 3 N–H and O–H groups in total. The number of H-pyrrole nitrogens is 1. The van der Waals surface area contributed by atoms with E-state index < -0.39 is 12.3 Å². The van der Waals surface area contributed by atoms with Crippen LogP contribution in [0.1, 0.15) is 26.3 Å². The van der Waals surface area contributed by atoms with Gasteiger partial charge in [0.15, 0.2) is 0 Å². The molecule has 0 fully saturated rings. The molecule has 0 saturated carbocycles. The van der Waals surface area contributed by atoms with Crippen LogP contribution >= 0.6 is 0 Å². The number of urea groups is 1. The second-order valence-corrected chi connectivity index (χ2v) is 5.60. The SMILES string of the molecule is CCOC(=O)N[C@@H](Cc1c[nH]c2ccccc12)NC(=O)N(CC)CC. The highest BCUT2D eigenvalue weighted by molar-refractivity contribution is 5.83. The van der Waals surface area contributed by atoms with E-state index in [2.05, 4.69) is 15.6 Å². The van der Waals surface area contributed by atoms with E-state index in [0.29, 0.717) is 19.5 Å². The number of nitrogens with zero attached hydrogens (tertiary/aromatic N) is 1. The van der Waals surface area contributed by atoms with Crippen LogP contribution in [0.4, 0.5) is 9.59 Å². The van der Waals surface area contributed by atoms with Crippen molar-refractivity contribution < 1.29 is 14.3 Å². The Bertz CT molecular complexity index is 709. The molecule has 7 nitrogen and oxygen atoms in total. The fourth-order valence-electron chi connectivity index (χ4n) is 2.72. The number of carbonyl (C=O) groups is 2. The van der Waals surface area contributed by atoms with E-state index in [1.54, 1.807) is 11.8 Å². The molecule has 2 rings (SSSR count). The summed E-state index contributed by atoms with van der Waals surface area (Å²) in [6.07, 6.45) is 1.24. The third kappa shape index (κ3) is 4.89. The summed E-state index contributed by atoms with van der Waals surface area (Å²) in [5, 5.41) is 6.66. The first kappa shape index (κ1) is 18.6. The number of hydrogen-bond donors (Lipinski definition) is 3. The number of aromatic nitrogens is 1. The van der Waals surface area contributed by atoms with E-state index >= 15 is 0 Å². The van der Waals surface area contributed by atoms with E-state index in [4.69, 9.17) is 4.74 Å². The third-order valence-corrected chi connectivity index (χ3v) is 4.01. The zero-order valence-corrected chi connectivity index (χ0v) is 15.0. The molecule has 136 valence electrons. The number of amides is 3. The second kappa shape index (κ2) is 8.96. The first-order valence-corrected chi connectivity index (χ1v) is 8.62. The van der Waals surface area contributed by atoms with E-state index in [0.717, 1.165) is 16.5 Å². The predicted octanol–water partition coefficient (Wildman–Crippen LogP) is 2.83. The molecule has 7 heteroatoms. The van der Waals surface area contributed by atoms with Crippen LogP contribution in [0.3, 0.4) is 0 Å². The van der Waals surface area contributed by atoms with Crippen LogP contribution in [0.5, 0.6) is 0 Å². The maximum atomic E-state index is 12.4. The first-order chi connectivity index (χ1) is 12.1. The van der Waals surface area contributed by atoms with Gasteiger partial charge < -0.3 is 25.3 Å². The lowest BCUT2D eigenvalue weighted by Gasteiger charge is -2.25. The Labute approximate surface area is 147 Å². The van der Waals surface area contributed by atoms with Crippen molar-refractivity contribution >= 4 is 23.0 Å². The average Bonchev–Trinajstić information content (AvgIpc) is 2.99. The Kier molecular flexibility index (Phi) is 6.68. The Morgan fingerprint density at radius 2 is 1.88 bits per heavy atom. The quantitative estimate of drug-likeness (QED) is 0.674. The highest BCUT2D eigenvalue weighted by Gasteiger charge is 2.20. The number of ether oxygens (including phenoxy) is 1. The van der Waals surface area contributed by atoms with E-state index in [-0.39, 0.29) is 12.6 Å². The van der Waals surface area contributed by atoms with Gasteiger partial charge in [-0.25, -0.2) is 9.59 Å². The minimum absolute atomic E-state index is 0.216. The number of rotatable bonds is 7. The van der Waals surface area contributed by atoms with Gasteiger partial charge >= 0.3 is 12.1 Å². The summed E-state index contributed by atoms with van der Waals surface area (Å²) in [4.78, 5) is 29.1. The van der Waals surface area contributed by atoms with Gasteiger partial charge in [0.1, 0.15) is 6.17 Å². The monoisotopic (exact) mass is 346 g/mol. The summed E-state index contributed by atoms with van der Waals surface area (Å²) in [6, 6.07) is 7.70. The molecular weight excluding hydrogens is 320 g/mol. The second-order valence-electron chi connectivity index (χ2n) is 5.60. The van der Waals surface area contributed by atoms with E-state index in [1.807, 2.05) is 44.3 Å². The molecule has 25 heavy (non-hydrogen) atoms. The number of hydrogen-bond acceptors (Lipinski definition) is 3. The van der Waals surface area contributed by atoms with Gasteiger partial charge in [-0.1, -0.05) is 18.2 Å². The molecule has 0 aliphatic carbocycles. The molecule has 2 aromatic rings. The standard InChI is InChI=1S/C18H26N4O3/c1-4-22(5-2)17(23)20-16(21-18(24)25-6-3)11-13-12-19-15-10-8-7-9-14(13)15/h7-10,12,16,19H,4-6,11H2,1-3H3,(H,20,23)(H,21,24)/t16-/m0/s1. The summed E-state index contributed by atoms with van der Waals surface area (Å²) < 4.78 is 4.95. The van der Waals surface area contributed by atoms with Crippen LogP contribution in [-0.2, 0) is 11.2 Å². The molecule has 1 aromatic heterocycles. The smallest absolute Gasteiger partial charge is 0.408 e. The zero-order valence-electron chi connectivity index (χ0n) is 15.0. The Balaban J connectivity index is 2.15. The van der Waals surface area contributed by atoms with Crippen molar-refractivity contribution in [2.24, 2.45) is 0 Å². The number of para-hydroxylation sites is 1. The van der Waals surface area contributed by atoms with E-state index in [1.165, 1.54) is 0 Å². The fraction of sp³-hybridized carbons (Fsp3) is 0.444. The van der Waals surface area contributed by atoms with E-state index in [9.17, 15) is 9.59 Å². The molecule has 1 heterocycles. The highest BCUT2D eigenvalue weighted by atomic mass is 16.5. The molecular formula is C18H26N4O3. The van der Waals surface area contributed by atoms with Gasteiger partial charge in [0, 0.05) is 36.6 Å². The van der Waals surface area contributed by atoms with Crippen molar-refractivity contribution in [3.05, 3.63) is 36.0 Å². The maximum absolute atomic E-state index is 12.4. The Morgan fingerprint density at radius 1 is 1.16 bits per heavy atom. The molecule has 0 aliphatic heterocycles. The fourth-order valence-corrected chi connectivity index (χ4v) is 2.72. The Hall–Kier alpha value is -2.70. The summed E-state index contributed by atoms with van der Waals surface area (Å²) >= 11 is 0. The number of carbonyl (C=O) groups excluding carboxylic acids is 2. The van der Waals surface area contributed by atoms with Crippen molar-refractivity contribution in [2.75, 3.05) is 19.7 Å². The summed E-state index contributed by atoms with van der Waals surface area (Å²) in [5.41, 5.74) is 2.03. The zero-order chi connectivity index (χ0) is 18.2.